The summed E-state index contributed by atoms with van der Waals surface area (Å²) in [7, 11) is 1.47. The van der Waals surface area contributed by atoms with Crippen molar-refractivity contribution in [2.45, 2.75) is 150 Å². The van der Waals surface area contributed by atoms with E-state index in [9.17, 15) is 38.4 Å². The molecule has 6 atom stereocenters. The average Bonchev–Trinajstić information content (AvgIpc) is 3.27. The first-order valence-electron chi connectivity index (χ1n) is 23.8. The van der Waals surface area contributed by atoms with Crippen molar-refractivity contribution in [3.63, 3.8) is 0 Å². The van der Waals surface area contributed by atoms with Crippen LogP contribution in [0.2, 0.25) is 5.02 Å². The Balaban J connectivity index is 2.03. The summed E-state index contributed by atoms with van der Waals surface area (Å²) in [6, 6.07) is 10.7. The molecule has 20 heteroatoms. The molecule has 1 heterocycles. The number of methoxy groups -OCH3 is 1. The highest BCUT2D eigenvalue weighted by Crippen LogP contribution is 2.33. The number of esters is 4. The third-order valence-electron chi connectivity index (χ3n) is 11.0. The number of carbonyl (C=O) groups is 8. The molecule has 0 saturated carbocycles. The lowest BCUT2D eigenvalue weighted by Crippen LogP contribution is -2.51. The number of ether oxygens (including phenoxy) is 7. The Morgan fingerprint density at radius 3 is 1.97 bits per heavy atom. The normalized spacial score (nSPS) is 19.7. The predicted octanol–water partition coefficient (Wildman–Crippen LogP) is 6.79. The molecule has 2 aromatic carbocycles. The van der Waals surface area contributed by atoms with Crippen LogP contribution < -0.4 is 26.0 Å². The highest BCUT2D eigenvalue weighted by molar-refractivity contribution is 6.32. The van der Waals surface area contributed by atoms with Crippen molar-refractivity contribution in [3.05, 3.63) is 76.3 Å². The SMILES string of the molecule is COc1ccc(C[C@H]2NC(=O)/C=C/C[C@@H]([C@H](C)[C@@H](OC(=O)CNC(=O)OC(C)(C)C)[C@@H](C)c3ccc(COC(=O)CNC(=O)OC(C)(C)C)cc3)OC(=O)[C@H](CC(C)C)OC(=O)C(C)(C)CNC2=O)cc1Cl. The molecule has 2 aromatic rings. The first-order chi connectivity index (χ1) is 33.5. The van der Waals surface area contributed by atoms with Crippen molar-refractivity contribution < 1.29 is 71.5 Å². The zero-order chi connectivity index (χ0) is 54.1. The minimum atomic E-state index is -1.39. The molecule has 0 saturated heterocycles. The quantitative estimate of drug-likeness (QED) is 0.0998. The van der Waals surface area contributed by atoms with Gasteiger partial charge in [0.2, 0.25) is 11.8 Å². The summed E-state index contributed by atoms with van der Waals surface area (Å²) >= 11 is 6.39. The smallest absolute Gasteiger partial charge is 0.408 e. The third-order valence-corrected chi connectivity index (χ3v) is 11.3. The largest absolute Gasteiger partial charge is 0.495 e. The summed E-state index contributed by atoms with van der Waals surface area (Å²) in [6.07, 6.45) is -2.61. The summed E-state index contributed by atoms with van der Waals surface area (Å²) in [4.78, 5) is 106. The number of nitrogens with one attached hydrogen (secondary N) is 4. The van der Waals surface area contributed by atoms with Crippen molar-refractivity contribution in [1.29, 1.82) is 0 Å². The second-order valence-electron chi connectivity index (χ2n) is 20.7. The molecule has 1 aliphatic rings. The fourth-order valence-corrected chi connectivity index (χ4v) is 7.41. The van der Waals surface area contributed by atoms with Crippen LogP contribution in [-0.2, 0) is 70.2 Å². The fourth-order valence-electron chi connectivity index (χ4n) is 7.13. The van der Waals surface area contributed by atoms with E-state index in [4.69, 9.17) is 44.8 Å². The summed E-state index contributed by atoms with van der Waals surface area (Å²) in [5.74, 6) is -5.71. The van der Waals surface area contributed by atoms with E-state index in [2.05, 4.69) is 21.3 Å². The molecular formula is C52H73ClN4O15. The topological polar surface area (TPSA) is 249 Å². The lowest BCUT2D eigenvalue weighted by atomic mass is 9.83. The van der Waals surface area contributed by atoms with Crippen molar-refractivity contribution >= 4 is 59.5 Å². The van der Waals surface area contributed by atoms with Crippen molar-refractivity contribution in [2.75, 3.05) is 26.7 Å². The Morgan fingerprint density at radius 1 is 0.833 bits per heavy atom. The number of carbonyl (C=O) groups excluding carboxylic acids is 8. The molecule has 0 radical (unpaired) electrons. The number of hydrogen-bond donors (Lipinski definition) is 4. The highest BCUT2D eigenvalue weighted by Gasteiger charge is 2.40. The molecule has 4 amide bonds. The number of halogens is 1. The first-order valence-corrected chi connectivity index (χ1v) is 24.2. The molecule has 0 aromatic heterocycles. The predicted molar refractivity (Wildman–Crippen MR) is 266 cm³/mol. The zero-order valence-electron chi connectivity index (χ0n) is 43.7. The second kappa shape index (κ2) is 26.9. The highest BCUT2D eigenvalue weighted by atomic mass is 35.5. The van der Waals surface area contributed by atoms with Gasteiger partial charge in [-0.3, -0.25) is 24.0 Å². The van der Waals surface area contributed by atoms with Crippen LogP contribution >= 0.6 is 11.6 Å². The number of amides is 4. The average molecular weight is 1030 g/mol. The Bertz CT molecular complexity index is 2250. The number of alkyl carbamates (subject to hydrolysis) is 2. The minimum absolute atomic E-state index is 0.0148. The minimum Gasteiger partial charge on any atom is -0.495 e. The maximum Gasteiger partial charge on any atom is 0.408 e. The van der Waals surface area contributed by atoms with Gasteiger partial charge in [-0.1, -0.05) is 75.7 Å². The lowest BCUT2D eigenvalue weighted by Gasteiger charge is -2.35. The number of benzene rings is 2. The van der Waals surface area contributed by atoms with E-state index in [-0.39, 0.29) is 38.3 Å². The summed E-state index contributed by atoms with van der Waals surface area (Å²) in [5.41, 5.74) is -1.12. The summed E-state index contributed by atoms with van der Waals surface area (Å²) < 4.78 is 39.2. The van der Waals surface area contributed by atoms with E-state index < -0.39 is 114 Å². The number of rotatable bonds is 16. The van der Waals surface area contributed by atoms with E-state index in [1.54, 1.807) is 112 Å². The number of hydrogen-bond acceptors (Lipinski definition) is 15. The molecule has 0 unspecified atom stereocenters. The van der Waals surface area contributed by atoms with Gasteiger partial charge in [-0.05, 0) is 103 Å². The molecule has 19 nitrogen and oxygen atoms in total. The molecule has 0 bridgehead atoms. The first kappa shape index (κ1) is 59.9. The Kier molecular flexibility index (Phi) is 22.4. The van der Waals surface area contributed by atoms with Gasteiger partial charge in [-0.2, -0.15) is 0 Å². The molecule has 0 aliphatic carbocycles. The molecule has 398 valence electrons. The molecule has 0 spiro atoms. The van der Waals surface area contributed by atoms with Gasteiger partial charge in [0.25, 0.3) is 0 Å². The molecular weight excluding hydrogens is 956 g/mol. The standard InChI is InChI=1S/C52H73ClN4O15/c1-30(2)23-40-46(62)68-38(15-14-16-41(58)57-37(25-34-19-22-39(66-13)36(53)24-34)45(61)56-29-52(11,12)47(63)69-40)32(4)44(70-43(60)27-55-49(65)72-51(8,9)10)31(3)35-20-17-33(18-21-35)28-67-42(59)26-54-48(64)71-50(5,6)7/h14,16-22,24,30-32,37-38,40,44H,15,23,25-29H2,1-13H3,(H,54,64)(H,55,65)(H,56,61)(H,57,58)/b16-14+/t31-,32-,37+,38-,40-,44-/m0/s1. The van der Waals surface area contributed by atoms with Crippen LogP contribution in [0.3, 0.4) is 0 Å². The maximum atomic E-state index is 14.2. The third kappa shape index (κ3) is 20.8. The maximum absolute atomic E-state index is 14.2. The van der Waals surface area contributed by atoms with Crippen LogP contribution in [0.5, 0.6) is 5.75 Å². The van der Waals surface area contributed by atoms with Crippen LogP contribution in [0.15, 0.2) is 54.6 Å². The van der Waals surface area contributed by atoms with Crippen molar-refractivity contribution in [1.82, 2.24) is 21.3 Å². The van der Waals surface area contributed by atoms with Gasteiger partial charge in [0.05, 0.1) is 17.5 Å². The van der Waals surface area contributed by atoms with Crippen LogP contribution in [0, 0.1) is 17.3 Å². The van der Waals surface area contributed by atoms with Crippen LogP contribution in [0.25, 0.3) is 0 Å². The van der Waals surface area contributed by atoms with E-state index in [0.717, 1.165) is 0 Å². The van der Waals surface area contributed by atoms with E-state index in [1.807, 2.05) is 13.8 Å². The van der Waals surface area contributed by atoms with Gasteiger partial charge < -0.3 is 54.4 Å². The van der Waals surface area contributed by atoms with Crippen LogP contribution in [0.4, 0.5) is 9.59 Å². The van der Waals surface area contributed by atoms with E-state index in [1.165, 1.54) is 19.3 Å². The zero-order valence-corrected chi connectivity index (χ0v) is 44.4. The van der Waals surface area contributed by atoms with Crippen LogP contribution in [-0.4, -0.2) is 110 Å². The van der Waals surface area contributed by atoms with Gasteiger partial charge in [-0.15, -0.1) is 0 Å². The fraction of sp³-hybridized carbons (Fsp3) is 0.577. The molecule has 3 rings (SSSR count). The van der Waals surface area contributed by atoms with E-state index >= 15 is 0 Å². The molecule has 4 N–H and O–H groups in total. The second-order valence-corrected chi connectivity index (χ2v) is 21.1. The summed E-state index contributed by atoms with van der Waals surface area (Å²) in [6.45, 7) is 19.0. The van der Waals surface area contributed by atoms with E-state index in [0.29, 0.717) is 27.5 Å². The van der Waals surface area contributed by atoms with Gasteiger partial charge in [0.15, 0.2) is 6.10 Å². The van der Waals surface area contributed by atoms with Gasteiger partial charge in [-0.25, -0.2) is 14.4 Å². The lowest BCUT2D eigenvalue weighted by molar-refractivity contribution is -0.181. The molecule has 0 fully saturated rings. The monoisotopic (exact) mass is 1030 g/mol. The van der Waals surface area contributed by atoms with Gasteiger partial charge in [0, 0.05) is 31.2 Å². The van der Waals surface area contributed by atoms with Crippen LogP contribution in [0.1, 0.15) is 119 Å². The Hall–Kier alpha value is -6.37. The Labute approximate surface area is 427 Å². The van der Waals surface area contributed by atoms with Crippen molar-refractivity contribution in [3.8, 4) is 5.75 Å². The molecule has 1 aliphatic heterocycles. The van der Waals surface area contributed by atoms with Crippen molar-refractivity contribution in [2.24, 2.45) is 17.3 Å². The molecule has 72 heavy (non-hydrogen) atoms. The summed E-state index contributed by atoms with van der Waals surface area (Å²) in [5, 5.41) is 10.5. The van der Waals surface area contributed by atoms with Gasteiger partial charge in [0.1, 0.15) is 54.9 Å². The van der Waals surface area contributed by atoms with Gasteiger partial charge >= 0.3 is 36.1 Å². The Morgan fingerprint density at radius 2 is 1.42 bits per heavy atom. The number of cyclic esters (lactones) is 2.